The lowest BCUT2D eigenvalue weighted by atomic mass is 9.84. The lowest BCUT2D eigenvalue weighted by Gasteiger charge is -2.19. The van der Waals surface area contributed by atoms with E-state index in [0.29, 0.717) is 0 Å². The highest BCUT2D eigenvalue weighted by molar-refractivity contribution is 14.1. The maximum atomic E-state index is 9.43. The molecule has 0 aliphatic rings. The molecule has 3 heteroatoms. The quantitative estimate of drug-likeness (QED) is 0.0951. The van der Waals surface area contributed by atoms with Gasteiger partial charge in [-0.1, -0.05) is 272 Å². The summed E-state index contributed by atoms with van der Waals surface area (Å²) in [6.07, 6.45) is 0. The van der Waals surface area contributed by atoms with Gasteiger partial charge in [-0.15, -0.1) is 0 Å². The summed E-state index contributed by atoms with van der Waals surface area (Å²) in [4.78, 5) is 0. The molecule has 0 aliphatic heterocycles. The highest BCUT2D eigenvalue weighted by Gasteiger charge is 2.22. The second kappa shape index (κ2) is 20.6. The molecule has 1 heterocycles. The molecule has 79 heavy (non-hydrogen) atoms. The van der Waals surface area contributed by atoms with Gasteiger partial charge in [0.2, 0.25) is 0 Å². The number of furan rings is 1. The predicted octanol–water partition coefficient (Wildman–Crippen LogP) is 22.2. The van der Waals surface area contributed by atoms with Crippen LogP contribution in [0.3, 0.4) is 0 Å². The van der Waals surface area contributed by atoms with Gasteiger partial charge in [0.15, 0.2) is 5.70 Å². The lowest BCUT2D eigenvalue weighted by molar-refractivity contribution is 0.673. The SMILES string of the molecule is [2H]c1c([2H])c(-c2c3c([2H])c([2H])c([2H])c([2H])c3c(-c3c([2H])c([2H])c([2H])c4c([2H])c([2H])c([2H])c([2H])c34)c3c([2H])c([2H])c([2H])c([2H])c23)c([2H])c([2H])c1-c1c([2H])c([2H])c2c([2H])c([2H])c([2H])c([2H])c2c1[2H].[2H]c1c([2H])c([2H])c(-c2c3c([2H])c([2H])c([2H])c([2H])c3c(-c3c([2H])c([2H])c([2H])c4oc5c6c([2H])c([2H])c([2H])c([2H])c6c([2H])c([2H])c5c34)c3c([2H])c([2H])c([2H])c([2H])c23)c([2H])c1[2H].[B]I. The molecule has 0 amide bonds. The number of fused-ring (bicyclic) bond motifs is 11. The normalized spacial score (nSPS) is 19.9. The first-order valence-electron chi connectivity index (χ1n) is 46.9. The molecule has 0 spiro atoms. The summed E-state index contributed by atoms with van der Waals surface area (Å²) < 4.78 is 430. The van der Waals surface area contributed by atoms with Crippen molar-refractivity contribution in [1.82, 2.24) is 0 Å². The molecule has 0 fully saturated rings. The molecule has 0 saturated carbocycles. The van der Waals surface area contributed by atoms with Gasteiger partial charge in [-0.25, -0.2) is 0 Å². The molecule has 15 aromatic carbocycles. The van der Waals surface area contributed by atoms with Crippen LogP contribution >= 0.6 is 22.4 Å². The van der Waals surface area contributed by atoms with Gasteiger partial charge in [-0.3, -0.25) is 0 Å². The fourth-order valence-corrected chi connectivity index (χ4v) is 9.25. The maximum absolute atomic E-state index is 9.43. The smallest absolute Gasteiger partial charge is 0.169 e. The summed E-state index contributed by atoms with van der Waals surface area (Å²) in [6, 6.07) is -42.4. The third-order valence-corrected chi connectivity index (χ3v) is 12.4. The zero-order chi connectivity index (χ0) is 94.6. The second-order valence-corrected chi connectivity index (χ2v) is 16.5. The van der Waals surface area contributed by atoms with Gasteiger partial charge >= 0.3 is 0 Å². The van der Waals surface area contributed by atoms with Crippen LogP contribution in [0.4, 0.5) is 0 Å². The molecule has 1 nitrogen and oxygen atoms in total. The molecule has 1 aromatic heterocycles. The first kappa shape index (κ1) is 19.3. The van der Waals surface area contributed by atoms with Gasteiger partial charge in [0.1, 0.15) is 11.2 Å². The largest absolute Gasteiger partial charge is 0.455 e. The van der Waals surface area contributed by atoms with Gasteiger partial charge in [0.05, 0.1) is 65.8 Å². The average Bonchev–Trinajstić information content (AvgIpc) is 1.67. The minimum atomic E-state index is -1.07. The number of benzene rings is 15. The molecule has 0 saturated heterocycles. The van der Waals surface area contributed by atoms with E-state index in [-0.39, 0.29) is 0 Å². The van der Waals surface area contributed by atoms with Crippen LogP contribution in [0, 0.1) is 0 Å². The minimum absolute atomic E-state index is 0.401. The fourth-order valence-electron chi connectivity index (χ4n) is 9.25. The first-order chi connectivity index (χ1) is 59.2. The first-order valence-corrected chi connectivity index (χ1v) is 24.1. The van der Waals surface area contributed by atoms with E-state index in [9.17, 15) is 19.2 Å². The van der Waals surface area contributed by atoms with Crippen molar-refractivity contribution in [2.75, 3.05) is 0 Å². The molecule has 368 valence electrons. The molecule has 2 radical (unpaired) electrons. The second-order valence-electron chi connectivity index (χ2n) is 16.5. The van der Waals surface area contributed by atoms with Gasteiger partial charge in [0.25, 0.3) is 0 Å². The van der Waals surface area contributed by atoms with E-state index in [1.54, 1.807) is 22.4 Å². The third-order valence-electron chi connectivity index (χ3n) is 12.4. The Morgan fingerprint density at radius 1 is 0.253 bits per heavy atom. The van der Waals surface area contributed by atoms with Gasteiger partial charge in [-0.05, 0) is 144 Å². The molecule has 0 atom stereocenters. The van der Waals surface area contributed by atoms with Crippen molar-refractivity contribution in [2.24, 2.45) is 0 Å². The van der Waals surface area contributed by atoms with Crippen LogP contribution in [0.25, 0.3) is 153 Å². The number of hydrogen-bond acceptors (Lipinski definition) is 1. The van der Waals surface area contributed by atoms with E-state index in [2.05, 4.69) is 5.70 Å². The molecular formula is C76H48BIO. The molecule has 0 aliphatic carbocycles. The van der Waals surface area contributed by atoms with E-state index in [1.807, 2.05) is 0 Å². The highest BCUT2D eigenvalue weighted by atomic mass is 127. The molecule has 16 aromatic rings. The molecule has 0 bridgehead atoms. The van der Waals surface area contributed by atoms with E-state index in [1.165, 1.54) is 0 Å². The lowest BCUT2D eigenvalue weighted by Crippen LogP contribution is -1.91. The van der Waals surface area contributed by atoms with Crippen molar-refractivity contribution in [3.05, 3.63) is 290 Å². The Balaban J connectivity index is 0.000000203. The van der Waals surface area contributed by atoms with E-state index in [0.717, 1.165) is 0 Å². The van der Waals surface area contributed by atoms with Crippen molar-refractivity contribution in [2.45, 2.75) is 0 Å². The Kier molecular flexibility index (Phi) is 5.02. The van der Waals surface area contributed by atoms with Gasteiger partial charge in [0, 0.05) is 16.2 Å². The third kappa shape index (κ3) is 8.32. The van der Waals surface area contributed by atoms with Crippen molar-refractivity contribution in [1.29, 1.82) is 0 Å². The molecule has 16 rings (SSSR count). The van der Waals surface area contributed by atoms with Crippen LogP contribution in [0.2, 0.25) is 0 Å². The summed E-state index contributed by atoms with van der Waals surface area (Å²) in [7, 11) is 0. The summed E-state index contributed by atoms with van der Waals surface area (Å²) in [5.41, 5.74) is -3.58. The Labute approximate surface area is 540 Å². The van der Waals surface area contributed by atoms with Crippen LogP contribution < -0.4 is 0 Å². The van der Waals surface area contributed by atoms with Crippen LogP contribution in [0.1, 0.15) is 65.8 Å². The Hall–Kier alpha value is -9.29. The monoisotopic (exact) mass is 1160 g/mol. The Morgan fingerprint density at radius 2 is 0.633 bits per heavy atom. The number of halogens is 1. The standard InChI is InChI=1S/C40H26.C36H22O.BI/c1-2-12-31-26-32(25-22-27(31)10-1)28-20-23-30(24-21-28)39-35-15-5-7-17-37(35)40(38-18-8-6-16-36(38)39)34-19-9-13-29-11-3-4-14-33(29)34;1-2-12-24(13-3-1)33-26-15-6-8-17-28(26)34(29-18-9-7-16-27(29)33)30-19-10-20-32-35(30)31-22-21-23-11-4-5-14-25(23)36(31)37-32;1-2/h1-26H;1-22H;/i1D,2D,3D,4D,5D,6D,7D,8D,9D,10D,11D,12D,13D,14D,15D,16D,17D,18D,19D,20D,21D,22D,23D,24D,25D,26D;1D,2D,3D,4D,5D,6D,7D,8D,9D,10D,11D,12D,13D,14D,15D,16D,17D,18D,19D,20D,21D,22D;. The van der Waals surface area contributed by atoms with Crippen molar-refractivity contribution in [3.8, 4) is 55.6 Å². The van der Waals surface area contributed by atoms with Crippen molar-refractivity contribution < 1.29 is 70.2 Å². The van der Waals surface area contributed by atoms with Crippen LogP contribution in [-0.2, 0) is 0 Å². The molecule has 0 N–H and O–H groups in total. The maximum Gasteiger partial charge on any atom is 0.169 e. The Bertz CT molecular complexity index is 7710. The zero-order valence-electron chi connectivity index (χ0n) is 87.4. The highest BCUT2D eigenvalue weighted by Crippen LogP contribution is 2.49. The topological polar surface area (TPSA) is 13.1 Å². The van der Waals surface area contributed by atoms with E-state index in [4.69, 9.17) is 51.0 Å². The number of hydrogen-bond donors (Lipinski definition) is 0. The average molecular weight is 1160 g/mol. The van der Waals surface area contributed by atoms with E-state index >= 15 is 0 Å². The fraction of sp³-hybridized carbons (Fsp3) is 0. The minimum Gasteiger partial charge on any atom is -0.455 e. The van der Waals surface area contributed by atoms with Crippen LogP contribution in [0.15, 0.2) is 294 Å². The summed E-state index contributed by atoms with van der Waals surface area (Å²) in [6.45, 7) is 0. The summed E-state index contributed by atoms with van der Waals surface area (Å²) >= 11 is 1.65. The van der Waals surface area contributed by atoms with Crippen molar-refractivity contribution >= 4 is 125 Å². The molecular weight excluding hydrogens is 1070 g/mol. The Morgan fingerprint density at radius 3 is 1.22 bits per heavy atom. The van der Waals surface area contributed by atoms with Crippen molar-refractivity contribution in [3.63, 3.8) is 0 Å². The van der Waals surface area contributed by atoms with Gasteiger partial charge in [-0.2, -0.15) is 22.4 Å². The van der Waals surface area contributed by atoms with Crippen LogP contribution in [0.5, 0.6) is 0 Å². The van der Waals surface area contributed by atoms with Crippen LogP contribution in [-0.4, -0.2) is 5.70 Å². The van der Waals surface area contributed by atoms with Gasteiger partial charge < -0.3 is 4.42 Å². The van der Waals surface area contributed by atoms with E-state index < -0.39 is 443 Å². The predicted molar refractivity (Wildman–Crippen MR) is 350 cm³/mol. The summed E-state index contributed by atoms with van der Waals surface area (Å²) in [5.74, 6) is 0. The number of rotatable bonds is 5. The molecule has 0 unspecified atom stereocenters. The summed E-state index contributed by atoms with van der Waals surface area (Å²) in [5, 5.41) is -9.37. The zero-order valence-corrected chi connectivity index (χ0v) is 41.5.